The van der Waals surface area contributed by atoms with E-state index in [2.05, 4.69) is 5.32 Å². The first-order chi connectivity index (χ1) is 11.8. The van der Waals surface area contributed by atoms with Crippen LogP contribution in [0.5, 0.6) is 0 Å². The first-order valence-electron chi connectivity index (χ1n) is 7.64. The Hall–Kier alpha value is -2.05. The lowest BCUT2D eigenvalue weighted by molar-refractivity contribution is -0.144. The summed E-state index contributed by atoms with van der Waals surface area (Å²) in [4.78, 5) is 36.0. The fraction of sp³-hybridized carbons (Fsp3) is 0.353. The summed E-state index contributed by atoms with van der Waals surface area (Å²) >= 11 is 12.0. The maximum Gasteiger partial charge on any atom is 0.333 e. The van der Waals surface area contributed by atoms with E-state index in [0.29, 0.717) is 36.3 Å². The van der Waals surface area contributed by atoms with Crippen LogP contribution in [0.3, 0.4) is 0 Å². The summed E-state index contributed by atoms with van der Waals surface area (Å²) in [6.07, 6.45) is 2.09. The van der Waals surface area contributed by atoms with Gasteiger partial charge in [-0.05, 0) is 37.8 Å². The number of rotatable bonds is 5. The van der Waals surface area contributed by atoms with Crippen LogP contribution in [0, 0.1) is 0 Å². The van der Waals surface area contributed by atoms with Crippen molar-refractivity contribution < 1.29 is 24.2 Å². The summed E-state index contributed by atoms with van der Waals surface area (Å²) < 4.78 is 4.74. The monoisotopic (exact) mass is 385 g/mol. The van der Waals surface area contributed by atoms with Gasteiger partial charge < -0.3 is 15.2 Å². The normalized spacial score (nSPS) is 15.5. The number of carbonyl (C=O) groups is 3. The standard InChI is InChI=1S/C17H17Cl2NO5/c1-25-17(24)14(12-7-6-9(18)8-13(12)19)20-15(21)10-4-2-3-5-11(10)16(22)23/h6-8,14H,2-5H2,1H3,(H,20,21)(H,22,23)/t14-/m0/s1. The molecule has 134 valence electrons. The topological polar surface area (TPSA) is 92.7 Å². The van der Waals surface area contributed by atoms with Crippen molar-refractivity contribution in [2.24, 2.45) is 0 Å². The second-order valence-electron chi connectivity index (χ2n) is 5.56. The van der Waals surface area contributed by atoms with Crippen LogP contribution >= 0.6 is 23.2 Å². The zero-order valence-electron chi connectivity index (χ0n) is 13.5. The highest BCUT2D eigenvalue weighted by molar-refractivity contribution is 6.35. The molecule has 0 saturated heterocycles. The van der Waals surface area contributed by atoms with Crippen LogP contribution in [-0.4, -0.2) is 30.1 Å². The SMILES string of the molecule is COC(=O)[C@@H](NC(=O)C1=C(C(=O)O)CCCC1)c1ccc(Cl)cc1Cl. The van der Waals surface area contributed by atoms with Gasteiger partial charge in [0.25, 0.3) is 0 Å². The molecule has 0 aromatic heterocycles. The molecule has 1 amide bonds. The van der Waals surface area contributed by atoms with E-state index >= 15 is 0 Å². The van der Waals surface area contributed by atoms with Gasteiger partial charge in [-0.3, -0.25) is 4.79 Å². The smallest absolute Gasteiger partial charge is 0.333 e. The van der Waals surface area contributed by atoms with E-state index in [1.54, 1.807) is 0 Å². The predicted molar refractivity (Wildman–Crippen MR) is 92.5 cm³/mol. The molecule has 6 nitrogen and oxygen atoms in total. The fourth-order valence-corrected chi connectivity index (χ4v) is 3.24. The molecule has 1 aliphatic rings. The molecule has 1 aliphatic carbocycles. The molecule has 0 radical (unpaired) electrons. The van der Waals surface area contributed by atoms with E-state index in [-0.39, 0.29) is 16.2 Å². The van der Waals surface area contributed by atoms with Gasteiger partial charge in [-0.15, -0.1) is 0 Å². The molecular weight excluding hydrogens is 369 g/mol. The van der Waals surface area contributed by atoms with E-state index in [1.807, 2.05) is 0 Å². The van der Waals surface area contributed by atoms with Crippen molar-refractivity contribution in [3.05, 3.63) is 45.0 Å². The van der Waals surface area contributed by atoms with Gasteiger partial charge >= 0.3 is 11.9 Å². The molecule has 0 bridgehead atoms. The second kappa shape index (κ2) is 8.36. The van der Waals surface area contributed by atoms with E-state index in [9.17, 15) is 19.5 Å². The van der Waals surface area contributed by atoms with Gasteiger partial charge in [0.1, 0.15) is 0 Å². The summed E-state index contributed by atoms with van der Waals surface area (Å²) in [5.41, 5.74) is 0.576. The molecule has 0 saturated carbocycles. The number of hydrogen-bond donors (Lipinski definition) is 2. The molecule has 1 atom stereocenters. The van der Waals surface area contributed by atoms with Crippen LogP contribution in [0.4, 0.5) is 0 Å². The molecule has 2 N–H and O–H groups in total. The van der Waals surface area contributed by atoms with Crippen molar-refractivity contribution in [1.29, 1.82) is 0 Å². The third kappa shape index (κ3) is 4.52. The number of ether oxygens (including phenoxy) is 1. The van der Waals surface area contributed by atoms with Gasteiger partial charge in [-0.2, -0.15) is 0 Å². The summed E-state index contributed by atoms with van der Waals surface area (Å²) in [5.74, 6) is -2.45. The average Bonchev–Trinajstić information content (AvgIpc) is 2.59. The van der Waals surface area contributed by atoms with Crippen molar-refractivity contribution in [2.45, 2.75) is 31.7 Å². The minimum atomic E-state index is -1.16. The molecular formula is C17H17Cl2NO5. The van der Waals surface area contributed by atoms with Crippen LogP contribution in [-0.2, 0) is 19.1 Å². The number of carboxylic acids is 1. The minimum absolute atomic E-state index is 0.0783. The number of nitrogens with one attached hydrogen (secondary N) is 1. The molecule has 0 unspecified atom stereocenters. The summed E-state index contributed by atoms with van der Waals surface area (Å²) in [6, 6.07) is 3.34. The largest absolute Gasteiger partial charge is 0.478 e. The number of methoxy groups -OCH3 is 1. The molecule has 1 aromatic rings. The predicted octanol–water partition coefficient (Wildman–Crippen LogP) is 3.28. The van der Waals surface area contributed by atoms with Crippen LogP contribution < -0.4 is 5.32 Å². The zero-order valence-corrected chi connectivity index (χ0v) is 15.0. The van der Waals surface area contributed by atoms with E-state index in [4.69, 9.17) is 27.9 Å². The highest BCUT2D eigenvalue weighted by Gasteiger charge is 2.30. The Bertz CT molecular complexity index is 745. The first kappa shape index (κ1) is 19.3. The number of carboxylic acid groups (broad SMARTS) is 1. The first-order valence-corrected chi connectivity index (χ1v) is 8.39. The van der Waals surface area contributed by atoms with Crippen molar-refractivity contribution in [3.63, 3.8) is 0 Å². The zero-order chi connectivity index (χ0) is 18.6. The van der Waals surface area contributed by atoms with Gasteiger partial charge in [0, 0.05) is 26.8 Å². The van der Waals surface area contributed by atoms with Crippen molar-refractivity contribution in [3.8, 4) is 0 Å². The van der Waals surface area contributed by atoms with E-state index in [0.717, 1.165) is 0 Å². The molecule has 1 aromatic carbocycles. The summed E-state index contributed by atoms with van der Waals surface area (Å²) in [7, 11) is 1.19. The van der Waals surface area contributed by atoms with E-state index in [1.165, 1.54) is 25.3 Å². The Morgan fingerprint density at radius 3 is 2.36 bits per heavy atom. The maximum absolute atomic E-state index is 12.6. The van der Waals surface area contributed by atoms with Crippen LogP contribution in [0.1, 0.15) is 37.3 Å². The number of aliphatic carboxylic acids is 1. The number of esters is 1. The van der Waals surface area contributed by atoms with Gasteiger partial charge in [-0.1, -0.05) is 29.3 Å². The molecule has 0 heterocycles. The van der Waals surface area contributed by atoms with Gasteiger partial charge in [0.15, 0.2) is 6.04 Å². The number of amides is 1. The van der Waals surface area contributed by atoms with Crippen LogP contribution in [0.2, 0.25) is 10.0 Å². The highest BCUT2D eigenvalue weighted by atomic mass is 35.5. The average molecular weight is 386 g/mol. The maximum atomic E-state index is 12.6. The number of halogens is 2. The molecule has 2 rings (SSSR count). The summed E-state index contributed by atoms with van der Waals surface area (Å²) in [5, 5.41) is 12.4. The lowest BCUT2D eigenvalue weighted by Crippen LogP contribution is -2.36. The van der Waals surface area contributed by atoms with Crippen molar-refractivity contribution in [1.82, 2.24) is 5.32 Å². The Labute approximate surface area is 154 Å². The molecule has 0 spiro atoms. The number of benzene rings is 1. The third-order valence-corrected chi connectivity index (χ3v) is 4.55. The van der Waals surface area contributed by atoms with E-state index < -0.39 is 23.9 Å². The number of hydrogen-bond acceptors (Lipinski definition) is 4. The van der Waals surface area contributed by atoms with Crippen LogP contribution in [0.25, 0.3) is 0 Å². The van der Waals surface area contributed by atoms with Gasteiger partial charge in [0.2, 0.25) is 5.91 Å². The number of carbonyl (C=O) groups excluding carboxylic acids is 2. The van der Waals surface area contributed by atoms with Gasteiger partial charge in [-0.25, -0.2) is 9.59 Å². The quantitative estimate of drug-likeness (QED) is 0.758. The van der Waals surface area contributed by atoms with Crippen LogP contribution in [0.15, 0.2) is 29.3 Å². The molecule has 8 heteroatoms. The molecule has 0 aliphatic heterocycles. The lowest BCUT2D eigenvalue weighted by Gasteiger charge is -2.22. The Kier molecular flexibility index (Phi) is 6.45. The molecule has 25 heavy (non-hydrogen) atoms. The third-order valence-electron chi connectivity index (χ3n) is 3.99. The lowest BCUT2D eigenvalue weighted by atomic mass is 9.91. The Morgan fingerprint density at radius 1 is 1.16 bits per heavy atom. The highest BCUT2D eigenvalue weighted by Crippen LogP contribution is 2.29. The van der Waals surface area contributed by atoms with Gasteiger partial charge in [0.05, 0.1) is 7.11 Å². The molecule has 0 fully saturated rings. The summed E-state index contributed by atoms with van der Waals surface area (Å²) in [6.45, 7) is 0. The minimum Gasteiger partial charge on any atom is -0.478 e. The Balaban J connectivity index is 2.35. The van der Waals surface area contributed by atoms with Crippen molar-refractivity contribution in [2.75, 3.05) is 7.11 Å². The van der Waals surface area contributed by atoms with Crippen molar-refractivity contribution >= 4 is 41.0 Å². The fourth-order valence-electron chi connectivity index (χ4n) is 2.73. The second-order valence-corrected chi connectivity index (χ2v) is 6.41. The Morgan fingerprint density at radius 2 is 1.80 bits per heavy atom.